The molecule has 1 aliphatic rings. The number of amides is 2. The molecule has 0 spiro atoms. The third-order valence-corrected chi connectivity index (χ3v) is 4.44. The van der Waals surface area contributed by atoms with Crippen molar-refractivity contribution in [2.45, 2.75) is 13.0 Å². The predicted octanol–water partition coefficient (Wildman–Crippen LogP) is 2.59. The minimum atomic E-state index is -0.318. The van der Waals surface area contributed by atoms with Crippen LogP contribution in [0.5, 0.6) is 11.5 Å². The van der Waals surface area contributed by atoms with Crippen LogP contribution in [0.15, 0.2) is 48.5 Å². The molecule has 2 aromatic carbocycles. The molecule has 2 amide bonds. The van der Waals surface area contributed by atoms with E-state index >= 15 is 0 Å². The van der Waals surface area contributed by atoms with Gasteiger partial charge in [0.25, 0.3) is 0 Å². The average molecular weight is 354 g/mol. The second-order valence-corrected chi connectivity index (χ2v) is 6.21. The summed E-state index contributed by atoms with van der Waals surface area (Å²) in [6, 6.07) is 14.9. The third kappa shape index (κ3) is 4.14. The fourth-order valence-corrected chi connectivity index (χ4v) is 2.83. The predicted molar refractivity (Wildman–Crippen MR) is 98.1 cm³/mol. The van der Waals surface area contributed by atoms with Crippen molar-refractivity contribution < 1.29 is 19.1 Å². The summed E-state index contributed by atoms with van der Waals surface area (Å²) in [7, 11) is 3.09. The minimum absolute atomic E-state index is 0.0911. The fraction of sp³-hybridized carbons (Fsp3) is 0.300. The SMILES string of the molecule is COc1ccc(OC)c(NC(=O)C2CC2C(=O)NCc2ccccc2)c1. The van der Waals surface area contributed by atoms with E-state index in [1.54, 1.807) is 25.3 Å². The van der Waals surface area contributed by atoms with E-state index in [0.717, 1.165) is 5.56 Å². The summed E-state index contributed by atoms with van der Waals surface area (Å²) in [6.07, 6.45) is 0.554. The van der Waals surface area contributed by atoms with E-state index in [9.17, 15) is 9.59 Å². The highest BCUT2D eigenvalue weighted by molar-refractivity contribution is 6.00. The third-order valence-electron chi connectivity index (χ3n) is 4.44. The van der Waals surface area contributed by atoms with Gasteiger partial charge in [-0.25, -0.2) is 0 Å². The number of ether oxygens (including phenoxy) is 2. The molecule has 0 aromatic heterocycles. The molecule has 2 unspecified atom stereocenters. The van der Waals surface area contributed by atoms with Gasteiger partial charge in [0.05, 0.1) is 31.7 Å². The fourth-order valence-electron chi connectivity index (χ4n) is 2.83. The smallest absolute Gasteiger partial charge is 0.228 e. The van der Waals surface area contributed by atoms with Crippen molar-refractivity contribution in [1.29, 1.82) is 0 Å². The topological polar surface area (TPSA) is 76.7 Å². The summed E-state index contributed by atoms with van der Waals surface area (Å²) in [5, 5.41) is 5.72. The van der Waals surface area contributed by atoms with Crippen molar-refractivity contribution in [3.63, 3.8) is 0 Å². The van der Waals surface area contributed by atoms with Gasteiger partial charge in [0.2, 0.25) is 11.8 Å². The highest BCUT2D eigenvalue weighted by atomic mass is 16.5. The molecule has 1 aliphatic carbocycles. The first kappa shape index (κ1) is 17.8. The Bertz CT molecular complexity index is 792. The Hall–Kier alpha value is -3.02. The van der Waals surface area contributed by atoms with E-state index < -0.39 is 0 Å². The largest absolute Gasteiger partial charge is 0.497 e. The van der Waals surface area contributed by atoms with E-state index in [4.69, 9.17) is 9.47 Å². The molecule has 0 saturated heterocycles. The summed E-state index contributed by atoms with van der Waals surface area (Å²) >= 11 is 0. The lowest BCUT2D eigenvalue weighted by atomic mass is 10.2. The molecule has 6 heteroatoms. The zero-order chi connectivity index (χ0) is 18.5. The Morgan fingerprint density at radius 3 is 2.42 bits per heavy atom. The molecule has 2 N–H and O–H groups in total. The van der Waals surface area contributed by atoms with Gasteiger partial charge < -0.3 is 20.1 Å². The Morgan fingerprint density at radius 1 is 1.00 bits per heavy atom. The monoisotopic (exact) mass is 354 g/mol. The van der Waals surface area contributed by atoms with Crippen LogP contribution in [0.3, 0.4) is 0 Å². The molecular formula is C20H22N2O4. The van der Waals surface area contributed by atoms with Crippen molar-refractivity contribution >= 4 is 17.5 Å². The highest BCUT2D eigenvalue weighted by Crippen LogP contribution is 2.40. The van der Waals surface area contributed by atoms with Gasteiger partial charge in [-0.15, -0.1) is 0 Å². The number of carbonyl (C=O) groups is 2. The maximum absolute atomic E-state index is 12.4. The van der Waals surface area contributed by atoms with Crippen LogP contribution in [0.2, 0.25) is 0 Å². The van der Waals surface area contributed by atoms with Crippen molar-refractivity contribution in [3.8, 4) is 11.5 Å². The van der Waals surface area contributed by atoms with E-state index in [1.807, 2.05) is 30.3 Å². The van der Waals surface area contributed by atoms with E-state index in [-0.39, 0.29) is 23.7 Å². The Morgan fingerprint density at radius 2 is 1.73 bits per heavy atom. The van der Waals surface area contributed by atoms with Gasteiger partial charge in [0, 0.05) is 12.6 Å². The zero-order valence-electron chi connectivity index (χ0n) is 14.8. The van der Waals surface area contributed by atoms with Crippen LogP contribution in [0.25, 0.3) is 0 Å². The maximum Gasteiger partial charge on any atom is 0.228 e. The average Bonchev–Trinajstić information content (AvgIpc) is 3.48. The van der Waals surface area contributed by atoms with Crippen LogP contribution in [-0.2, 0) is 16.1 Å². The van der Waals surface area contributed by atoms with Gasteiger partial charge >= 0.3 is 0 Å². The number of hydrogen-bond donors (Lipinski definition) is 2. The first-order valence-electron chi connectivity index (χ1n) is 8.47. The van der Waals surface area contributed by atoms with Crippen LogP contribution < -0.4 is 20.1 Å². The second-order valence-electron chi connectivity index (χ2n) is 6.21. The van der Waals surface area contributed by atoms with Crippen molar-refractivity contribution in [2.75, 3.05) is 19.5 Å². The van der Waals surface area contributed by atoms with Gasteiger partial charge in [0.15, 0.2) is 0 Å². The Labute approximate surface area is 152 Å². The van der Waals surface area contributed by atoms with E-state index in [2.05, 4.69) is 10.6 Å². The molecule has 0 bridgehead atoms. The molecule has 1 saturated carbocycles. The first-order chi connectivity index (χ1) is 12.6. The summed E-state index contributed by atoms with van der Waals surface area (Å²) in [5.74, 6) is 0.291. The molecule has 2 atom stereocenters. The van der Waals surface area contributed by atoms with E-state index in [0.29, 0.717) is 30.2 Å². The molecule has 26 heavy (non-hydrogen) atoms. The van der Waals surface area contributed by atoms with Gasteiger partial charge in [-0.3, -0.25) is 9.59 Å². The van der Waals surface area contributed by atoms with Crippen molar-refractivity contribution in [2.24, 2.45) is 11.8 Å². The second kappa shape index (κ2) is 7.91. The quantitative estimate of drug-likeness (QED) is 0.801. The number of carbonyl (C=O) groups excluding carboxylic acids is 2. The first-order valence-corrected chi connectivity index (χ1v) is 8.47. The zero-order valence-corrected chi connectivity index (χ0v) is 14.8. The Kier molecular flexibility index (Phi) is 5.41. The number of methoxy groups -OCH3 is 2. The molecule has 136 valence electrons. The summed E-state index contributed by atoms with van der Waals surface area (Å²) in [5.41, 5.74) is 1.57. The molecule has 1 fully saturated rings. The summed E-state index contributed by atoms with van der Waals surface area (Å²) in [6.45, 7) is 0.466. The lowest BCUT2D eigenvalue weighted by molar-refractivity contribution is -0.125. The van der Waals surface area contributed by atoms with E-state index in [1.165, 1.54) is 7.11 Å². The van der Waals surface area contributed by atoms with Gasteiger partial charge in [-0.2, -0.15) is 0 Å². The van der Waals surface area contributed by atoms with Crippen LogP contribution in [0.1, 0.15) is 12.0 Å². The van der Waals surface area contributed by atoms with Crippen LogP contribution in [-0.4, -0.2) is 26.0 Å². The van der Waals surface area contributed by atoms with Gasteiger partial charge in [-0.1, -0.05) is 30.3 Å². The summed E-state index contributed by atoms with van der Waals surface area (Å²) in [4.78, 5) is 24.7. The maximum atomic E-state index is 12.4. The lowest BCUT2D eigenvalue weighted by Crippen LogP contribution is -2.27. The minimum Gasteiger partial charge on any atom is -0.497 e. The summed E-state index contributed by atoms with van der Waals surface area (Å²) < 4.78 is 10.4. The number of hydrogen-bond acceptors (Lipinski definition) is 4. The highest BCUT2D eigenvalue weighted by Gasteiger charge is 2.48. The number of nitrogens with one attached hydrogen (secondary N) is 2. The van der Waals surface area contributed by atoms with Gasteiger partial charge in [0.1, 0.15) is 11.5 Å². The number of anilines is 1. The normalized spacial score (nSPS) is 17.9. The molecule has 0 heterocycles. The molecule has 3 rings (SSSR count). The molecular weight excluding hydrogens is 332 g/mol. The van der Waals surface area contributed by atoms with Crippen molar-refractivity contribution in [1.82, 2.24) is 5.32 Å². The number of benzene rings is 2. The Balaban J connectivity index is 1.55. The molecule has 0 aliphatic heterocycles. The van der Waals surface area contributed by atoms with Gasteiger partial charge in [-0.05, 0) is 24.1 Å². The lowest BCUT2D eigenvalue weighted by Gasteiger charge is -2.11. The molecule has 6 nitrogen and oxygen atoms in total. The molecule has 2 aromatic rings. The molecule has 0 radical (unpaired) electrons. The van der Waals surface area contributed by atoms with Crippen LogP contribution >= 0.6 is 0 Å². The van der Waals surface area contributed by atoms with Crippen LogP contribution in [0, 0.1) is 11.8 Å². The standard InChI is InChI=1S/C20H22N2O4/c1-25-14-8-9-18(26-2)17(10-14)22-20(24)16-11-15(16)19(23)21-12-13-6-4-3-5-7-13/h3-10,15-16H,11-12H2,1-2H3,(H,21,23)(H,22,24). The van der Waals surface area contributed by atoms with Crippen LogP contribution in [0.4, 0.5) is 5.69 Å². The van der Waals surface area contributed by atoms with Crippen molar-refractivity contribution in [3.05, 3.63) is 54.1 Å². The number of rotatable bonds is 7.